The van der Waals surface area contributed by atoms with Crippen LogP contribution in [0.15, 0.2) is 29.2 Å². The Bertz CT molecular complexity index is 746. The van der Waals surface area contributed by atoms with Gasteiger partial charge >= 0.3 is 0 Å². The van der Waals surface area contributed by atoms with E-state index >= 15 is 0 Å². The van der Waals surface area contributed by atoms with Crippen LogP contribution in [0.25, 0.3) is 0 Å². The fourth-order valence-corrected chi connectivity index (χ4v) is 3.96. The van der Waals surface area contributed by atoms with Crippen LogP contribution in [0.2, 0.25) is 0 Å². The van der Waals surface area contributed by atoms with Crippen LogP contribution in [0.3, 0.4) is 0 Å². The molecule has 0 aromatic carbocycles. The summed E-state index contributed by atoms with van der Waals surface area (Å²) in [7, 11) is 0. The number of thiazole rings is 1. The number of pyridine rings is 1. The summed E-state index contributed by atoms with van der Waals surface area (Å²) in [6.07, 6.45) is 3.72. The zero-order chi connectivity index (χ0) is 16.4. The largest absolute Gasteiger partial charge is 0.340 e. The number of hydrogen-bond acceptors (Lipinski definition) is 4. The van der Waals surface area contributed by atoms with Crippen LogP contribution in [-0.4, -0.2) is 33.4 Å². The average molecular weight is 331 g/mol. The molecule has 23 heavy (non-hydrogen) atoms. The minimum absolute atomic E-state index is 0.00741. The third-order valence-electron chi connectivity index (χ3n) is 4.37. The molecule has 3 heterocycles. The highest BCUT2D eigenvalue weighted by atomic mass is 32.1. The Labute approximate surface area is 139 Å². The van der Waals surface area contributed by atoms with E-state index in [-0.39, 0.29) is 18.0 Å². The molecule has 1 saturated heterocycles. The molecular weight excluding hydrogens is 310 g/mol. The quantitative estimate of drug-likeness (QED) is 0.867. The lowest BCUT2D eigenvalue weighted by molar-refractivity contribution is -0.133. The number of carbonyl (C=O) groups is 1. The topological polar surface area (TPSA) is 55.2 Å². The third-order valence-corrected chi connectivity index (χ3v) is 5.61. The lowest BCUT2D eigenvalue weighted by Gasteiger charge is -2.32. The summed E-state index contributed by atoms with van der Waals surface area (Å²) >= 11 is 1.74. The van der Waals surface area contributed by atoms with Gasteiger partial charge in [-0.05, 0) is 32.8 Å². The first-order valence-corrected chi connectivity index (χ1v) is 8.73. The first-order valence-electron chi connectivity index (χ1n) is 7.92. The van der Waals surface area contributed by atoms with Gasteiger partial charge in [0.15, 0.2) is 0 Å². The molecule has 1 amide bonds. The van der Waals surface area contributed by atoms with Crippen LogP contribution < -0.4 is 5.56 Å². The minimum Gasteiger partial charge on any atom is -0.340 e. The Kier molecular flexibility index (Phi) is 4.61. The van der Waals surface area contributed by atoms with Crippen molar-refractivity contribution in [2.24, 2.45) is 0 Å². The van der Waals surface area contributed by atoms with E-state index in [1.165, 1.54) is 15.5 Å². The maximum Gasteiger partial charge on any atom is 0.250 e. The van der Waals surface area contributed by atoms with E-state index in [2.05, 4.69) is 11.9 Å². The van der Waals surface area contributed by atoms with Gasteiger partial charge in [-0.15, -0.1) is 11.3 Å². The summed E-state index contributed by atoms with van der Waals surface area (Å²) in [6, 6.07) is 4.94. The molecule has 1 atom stereocenters. The van der Waals surface area contributed by atoms with E-state index in [1.807, 2.05) is 11.8 Å². The monoisotopic (exact) mass is 331 g/mol. The lowest BCUT2D eigenvalue weighted by Crippen LogP contribution is -2.42. The fourth-order valence-electron chi connectivity index (χ4n) is 2.91. The molecule has 5 nitrogen and oxygen atoms in total. The van der Waals surface area contributed by atoms with Gasteiger partial charge in [0.2, 0.25) is 5.91 Å². The highest BCUT2D eigenvalue weighted by molar-refractivity contribution is 7.11. The summed E-state index contributed by atoms with van der Waals surface area (Å²) in [5.74, 6) is 0.325. The molecule has 0 radical (unpaired) electrons. The van der Waals surface area contributed by atoms with Crippen molar-refractivity contribution in [3.63, 3.8) is 0 Å². The predicted octanol–water partition coefficient (Wildman–Crippen LogP) is 2.33. The molecule has 1 aliphatic heterocycles. The molecule has 0 saturated carbocycles. The summed E-state index contributed by atoms with van der Waals surface area (Å²) < 4.78 is 1.46. The normalized spacial score (nSPS) is 18.2. The Hall–Kier alpha value is -1.95. The SMILES string of the molecule is Cc1nc([C@@H]2CCCN(C(=O)Cn3ccccc3=O)C2)sc1C. The van der Waals surface area contributed by atoms with Crippen molar-refractivity contribution in [2.45, 2.75) is 39.2 Å². The molecule has 0 bridgehead atoms. The summed E-state index contributed by atoms with van der Waals surface area (Å²) in [6.45, 7) is 5.70. The van der Waals surface area contributed by atoms with Crippen molar-refractivity contribution in [3.05, 3.63) is 50.3 Å². The number of aromatic nitrogens is 2. The molecule has 1 aliphatic rings. The molecule has 2 aromatic rings. The number of amides is 1. The number of hydrogen-bond donors (Lipinski definition) is 0. The second kappa shape index (κ2) is 6.66. The van der Waals surface area contributed by atoms with Crippen molar-refractivity contribution in [2.75, 3.05) is 13.1 Å². The van der Waals surface area contributed by atoms with Gasteiger partial charge in [-0.25, -0.2) is 4.98 Å². The van der Waals surface area contributed by atoms with Crippen molar-refractivity contribution >= 4 is 17.2 Å². The van der Waals surface area contributed by atoms with Crippen molar-refractivity contribution in [1.29, 1.82) is 0 Å². The van der Waals surface area contributed by atoms with Crippen LogP contribution in [0, 0.1) is 13.8 Å². The number of piperidine rings is 1. The molecule has 6 heteroatoms. The second-order valence-corrected chi connectivity index (χ2v) is 7.27. The highest BCUT2D eigenvalue weighted by Crippen LogP contribution is 2.31. The molecule has 122 valence electrons. The zero-order valence-electron chi connectivity index (χ0n) is 13.5. The van der Waals surface area contributed by atoms with Crippen molar-refractivity contribution < 1.29 is 4.79 Å². The smallest absolute Gasteiger partial charge is 0.250 e. The summed E-state index contributed by atoms with van der Waals surface area (Å²) in [5, 5.41) is 1.13. The van der Waals surface area contributed by atoms with Gasteiger partial charge in [-0.2, -0.15) is 0 Å². The van der Waals surface area contributed by atoms with E-state index in [4.69, 9.17) is 0 Å². The summed E-state index contributed by atoms with van der Waals surface area (Å²) in [5.41, 5.74) is 0.949. The van der Waals surface area contributed by atoms with Gasteiger partial charge in [0.1, 0.15) is 6.54 Å². The standard InChI is InChI=1S/C17H21N3O2S/c1-12-13(2)23-17(18-12)14-6-5-9-19(10-14)16(22)11-20-8-4-3-7-15(20)21/h3-4,7-8,14H,5-6,9-11H2,1-2H3/t14-/m1/s1. The van der Waals surface area contributed by atoms with Crippen molar-refractivity contribution in [3.8, 4) is 0 Å². The van der Waals surface area contributed by atoms with Crippen LogP contribution in [0.4, 0.5) is 0 Å². The molecule has 0 unspecified atom stereocenters. The molecule has 2 aromatic heterocycles. The van der Waals surface area contributed by atoms with Gasteiger partial charge in [0.05, 0.1) is 10.7 Å². The number of nitrogens with zero attached hydrogens (tertiary/aromatic N) is 3. The minimum atomic E-state index is -0.138. The maximum absolute atomic E-state index is 12.5. The van der Waals surface area contributed by atoms with E-state index in [0.29, 0.717) is 12.5 Å². The first-order chi connectivity index (χ1) is 11.0. The number of aryl methyl sites for hydroxylation is 2. The highest BCUT2D eigenvalue weighted by Gasteiger charge is 2.27. The van der Waals surface area contributed by atoms with Crippen LogP contribution in [0.1, 0.15) is 34.3 Å². The van der Waals surface area contributed by atoms with Gasteiger partial charge in [0.25, 0.3) is 5.56 Å². The van der Waals surface area contributed by atoms with E-state index in [9.17, 15) is 9.59 Å². The van der Waals surface area contributed by atoms with Gasteiger partial charge < -0.3 is 9.47 Å². The predicted molar refractivity (Wildman–Crippen MR) is 90.8 cm³/mol. The summed E-state index contributed by atoms with van der Waals surface area (Å²) in [4.78, 5) is 32.0. The Morgan fingerprint density at radius 2 is 2.22 bits per heavy atom. The number of likely N-dealkylation sites (tertiary alicyclic amines) is 1. The van der Waals surface area contributed by atoms with Crippen LogP contribution >= 0.6 is 11.3 Å². The van der Waals surface area contributed by atoms with Gasteiger partial charge in [-0.3, -0.25) is 9.59 Å². The molecule has 0 N–H and O–H groups in total. The van der Waals surface area contributed by atoms with Gasteiger partial charge in [-0.1, -0.05) is 6.07 Å². The number of rotatable bonds is 3. The zero-order valence-corrected chi connectivity index (χ0v) is 14.3. The second-order valence-electron chi connectivity index (χ2n) is 6.04. The maximum atomic E-state index is 12.5. The van der Waals surface area contributed by atoms with Crippen LogP contribution in [-0.2, 0) is 11.3 Å². The Morgan fingerprint density at radius 3 is 2.91 bits per heavy atom. The molecular formula is C17H21N3O2S. The molecule has 0 spiro atoms. The van der Waals surface area contributed by atoms with Gasteiger partial charge in [0, 0.05) is 36.1 Å². The third kappa shape index (κ3) is 3.52. The molecule has 1 fully saturated rings. The van der Waals surface area contributed by atoms with Crippen molar-refractivity contribution in [1.82, 2.24) is 14.5 Å². The van der Waals surface area contributed by atoms with Crippen LogP contribution in [0.5, 0.6) is 0 Å². The lowest BCUT2D eigenvalue weighted by atomic mass is 9.98. The Balaban J connectivity index is 1.69. The molecule has 0 aliphatic carbocycles. The first kappa shape index (κ1) is 15.9. The fraction of sp³-hybridized carbons (Fsp3) is 0.471. The average Bonchev–Trinajstić information content (AvgIpc) is 2.89. The molecule has 3 rings (SSSR count). The van der Waals surface area contributed by atoms with E-state index < -0.39 is 0 Å². The van der Waals surface area contributed by atoms with E-state index in [0.717, 1.165) is 30.1 Å². The van der Waals surface area contributed by atoms with E-state index in [1.54, 1.807) is 29.7 Å². The Morgan fingerprint density at radius 1 is 1.39 bits per heavy atom. The number of carbonyl (C=O) groups excluding carboxylic acids is 1.